The Labute approximate surface area is 122 Å². The zero-order chi connectivity index (χ0) is 15.5. The third-order valence-corrected chi connectivity index (χ3v) is 3.34. The Morgan fingerprint density at radius 1 is 1.24 bits per heavy atom. The summed E-state index contributed by atoms with van der Waals surface area (Å²) in [6, 6.07) is 13.2. The molecule has 0 radical (unpaired) electrons. The summed E-state index contributed by atoms with van der Waals surface area (Å²) in [6.45, 7) is 1.48. The van der Waals surface area contributed by atoms with Crippen molar-refractivity contribution in [3.05, 3.63) is 65.5 Å². The lowest BCUT2D eigenvalue weighted by atomic mass is 9.91. The van der Waals surface area contributed by atoms with Crippen LogP contribution in [0, 0.1) is 12.7 Å². The number of hydrogen-bond acceptors (Lipinski definition) is 3. The molecule has 4 nitrogen and oxygen atoms in total. The van der Waals surface area contributed by atoms with Gasteiger partial charge < -0.3 is 16.2 Å². The molecule has 0 aromatic heterocycles. The number of rotatable bonds is 5. The van der Waals surface area contributed by atoms with Crippen molar-refractivity contribution in [3.63, 3.8) is 0 Å². The number of aryl methyl sites for hydroxylation is 1. The quantitative estimate of drug-likeness (QED) is 0.881. The zero-order valence-corrected chi connectivity index (χ0v) is 11.7. The number of halogens is 1. The van der Waals surface area contributed by atoms with Crippen molar-refractivity contribution in [2.24, 2.45) is 11.5 Å². The van der Waals surface area contributed by atoms with Crippen LogP contribution in [0.3, 0.4) is 0 Å². The molecule has 1 amide bonds. The first-order valence-electron chi connectivity index (χ1n) is 6.47. The molecule has 1 atom stereocenters. The van der Waals surface area contributed by atoms with Gasteiger partial charge in [0.2, 0.25) is 5.91 Å². The van der Waals surface area contributed by atoms with E-state index in [1.807, 2.05) is 0 Å². The van der Waals surface area contributed by atoms with E-state index in [1.165, 1.54) is 6.07 Å². The van der Waals surface area contributed by atoms with Gasteiger partial charge in [0.05, 0.1) is 0 Å². The molecule has 0 aliphatic rings. The molecule has 0 spiro atoms. The van der Waals surface area contributed by atoms with Gasteiger partial charge in [0.25, 0.3) is 0 Å². The topological polar surface area (TPSA) is 78.3 Å². The van der Waals surface area contributed by atoms with E-state index >= 15 is 0 Å². The number of carbonyl (C=O) groups is 1. The molecule has 2 rings (SSSR count). The average molecular weight is 288 g/mol. The smallest absolute Gasteiger partial charge is 0.245 e. The molecule has 0 bridgehead atoms. The van der Waals surface area contributed by atoms with Crippen molar-refractivity contribution >= 4 is 5.91 Å². The summed E-state index contributed by atoms with van der Waals surface area (Å²) in [6.07, 6.45) is 0. The van der Waals surface area contributed by atoms with Crippen LogP contribution >= 0.6 is 0 Å². The van der Waals surface area contributed by atoms with E-state index < -0.39 is 11.4 Å². The van der Waals surface area contributed by atoms with Gasteiger partial charge in [-0.25, -0.2) is 4.39 Å². The van der Waals surface area contributed by atoms with Crippen LogP contribution in [0.25, 0.3) is 0 Å². The first kappa shape index (κ1) is 15.0. The van der Waals surface area contributed by atoms with Crippen LogP contribution < -0.4 is 16.2 Å². The molecule has 110 valence electrons. The summed E-state index contributed by atoms with van der Waals surface area (Å²) in [5.41, 5.74) is 11.1. The van der Waals surface area contributed by atoms with Gasteiger partial charge in [0.1, 0.15) is 18.2 Å². The molecule has 0 saturated carbocycles. The average Bonchev–Trinajstić information content (AvgIpc) is 2.49. The predicted octanol–water partition coefficient (Wildman–Crippen LogP) is 1.85. The van der Waals surface area contributed by atoms with Gasteiger partial charge in [0.15, 0.2) is 5.54 Å². The standard InChI is InChI=1S/C16H17FN2O2/c1-11-7-8-13(9-14(11)17)21-10-16(19,15(18)20)12-5-3-2-4-6-12/h2-9H,10,19H2,1H3,(H2,18,20). The number of carbonyl (C=O) groups excluding carboxylic acids is 1. The molecule has 0 aliphatic carbocycles. The second-order valence-electron chi connectivity index (χ2n) is 4.90. The maximum atomic E-state index is 13.5. The molecule has 0 saturated heterocycles. The normalized spacial score (nSPS) is 13.5. The Bertz CT molecular complexity index is 646. The van der Waals surface area contributed by atoms with Crippen LogP contribution in [0.1, 0.15) is 11.1 Å². The molecule has 5 heteroatoms. The summed E-state index contributed by atoms with van der Waals surface area (Å²) in [5, 5.41) is 0. The monoisotopic (exact) mass is 288 g/mol. The largest absolute Gasteiger partial charge is 0.491 e. The fourth-order valence-electron chi connectivity index (χ4n) is 1.89. The third kappa shape index (κ3) is 3.20. The second kappa shape index (κ2) is 5.93. The first-order valence-corrected chi connectivity index (χ1v) is 6.47. The van der Waals surface area contributed by atoms with Gasteiger partial charge >= 0.3 is 0 Å². The lowest BCUT2D eigenvalue weighted by Gasteiger charge is -2.26. The minimum Gasteiger partial charge on any atom is -0.491 e. The highest BCUT2D eigenvalue weighted by molar-refractivity contribution is 5.86. The van der Waals surface area contributed by atoms with Gasteiger partial charge in [-0.2, -0.15) is 0 Å². The van der Waals surface area contributed by atoms with Crippen LogP contribution in [0.15, 0.2) is 48.5 Å². The molecular formula is C16H17FN2O2. The fraction of sp³-hybridized carbons (Fsp3) is 0.188. The predicted molar refractivity (Wildman–Crippen MR) is 78.1 cm³/mol. The van der Waals surface area contributed by atoms with Crippen molar-refractivity contribution in [1.29, 1.82) is 0 Å². The summed E-state index contributed by atoms with van der Waals surface area (Å²) in [7, 11) is 0. The summed E-state index contributed by atoms with van der Waals surface area (Å²) < 4.78 is 18.9. The van der Waals surface area contributed by atoms with Crippen molar-refractivity contribution < 1.29 is 13.9 Å². The molecular weight excluding hydrogens is 271 g/mol. The minimum absolute atomic E-state index is 0.172. The maximum Gasteiger partial charge on any atom is 0.245 e. The second-order valence-corrected chi connectivity index (χ2v) is 4.90. The van der Waals surface area contributed by atoms with E-state index in [1.54, 1.807) is 49.4 Å². The SMILES string of the molecule is Cc1ccc(OCC(N)(C(N)=O)c2ccccc2)cc1F. The molecule has 0 fully saturated rings. The molecule has 0 aliphatic heterocycles. The van der Waals surface area contributed by atoms with Crippen molar-refractivity contribution in [1.82, 2.24) is 0 Å². The highest BCUT2D eigenvalue weighted by atomic mass is 19.1. The van der Waals surface area contributed by atoms with Crippen molar-refractivity contribution in [3.8, 4) is 5.75 Å². The number of ether oxygens (including phenoxy) is 1. The Balaban J connectivity index is 2.21. The fourth-order valence-corrected chi connectivity index (χ4v) is 1.89. The zero-order valence-electron chi connectivity index (χ0n) is 11.7. The maximum absolute atomic E-state index is 13.5. The molecule has 2 aromatic carbocycles. The van der Waals surface area contributed by atoms with Gasteiger partial charge in [0, 0.05) is 6.07 Å². The van der Waals surface area contributed by atoms with Crippen LogP contribution in [-0.4, -0.2) is 12.5 Å². The van der Waals surface area contributed by atoms with Crippen LogP contribution in [0.5, 0.6) is 5.75 Å². The van der Waals surface area contributed by atoms with E-state index in [-0.39, 0.29) is 12.4 Å². The van der Waals surface area contributed by atoms with Crippen molar-refractivity contribution in [2.75, 3.05) is 6.61 Å². The van der Waals surface area contributed by atoms with Crippen LogP contribution in [0.4, 0.5) is 4.39 Å². The Kier molecular flexibility index (Phi) is 4.23. The van der Waals surface area contributed by atoms with Gasteiger partial charge in [-0.15, -0.1) is 0 Å². The van der Waals surface area contributed by atoms with Gasteiger partial charge in [-0.05, 0) is 24.1 Å². The van der Waals surface area contributed by atoms with E-state index in [0.717, 1.165) is 0 Å². The number of nitrogens with two attached hydrogens (primary N) is 2. The summed E-state index contributed by atoms with van der Waals surface area (Å²) in [5.74, 6) is -0.791. The van der Waals surface area contributed by atoms with Gasteiger partial charge in [-0.3, -0.25) is 4.79 Å². The first-order chi connectivity index (χ1) is 9.93. The Morgan fingerprint density at radius 2 is 1.90 bits per heavy atom. The van der Waals surface area contributed by atoms with Crippen molar-refractivity contribution in [2.45, 2.75) is 12.5 Å². The third-order valence-electron chi connectivity index (χ3n) is 3.34. The lowest BCUT2D eigenvalue weighted by molar-refractivity contribution is -0.124. The molecule has 0 heterocycles. The highest BCUT2D eigenvalue weighted by Gasteiger charge is 2.35. The number of amides is 1. The van der Waals surface area contributed by atoms with E-state index in [0.29, 0.717) is 16.9 Å². The lowest BCUT2D eigenvalue weighted by Crippen LogP contribution is -2.53. The number of hydrogen-bond donors (Lipinski definition) is 2. The van der Waals surface area contributed by atoms with E-state index in [4.69, 9.17) is 16.2 Å². The molecule has 4 N–H and O–H groups in total. The van der Waals surface area contributed by atoms with Crippen LogP contribution in [0.2, 0.25) is 0 Å². The van der Waals surface area contributed by atoms with Gasteiger partial charge in [-0.1, -0.05) is 36.4 Å². The summed E-state index contributed by atoms with van der Waals surface area (Å²) >= 11 is 0. The summed E-state index contributed by atoms with van der Waals surface area (Å²) in [4.78, 5) is 11.7. The number of benzene rings is 2. The van der Waals surface area contributed by atoms with E-state index in [2.05, 4.69) is 0 Å². The van der Waals surface area contributed by atoms with E-state index in [9.17, 15) is 9.18 Å². The molecule has 1 unspecified atom stereocenters. The minimum atomic E-state index is -1.47. The molecule has 21 heavy (non-hydrogen) atoms. The Hall–Kier alpha value is -2.40. The Morgan fingerprint density at radius 3 is 2.48 bits per heavy atom. The number of primary amides is 1. The van der Waals surface area contributed by atoms with Crippen LogP contribution in [-0.2, 0) is 10.3 Å². The highest BCUT2D eigenvalue weighted by Crippen LogP contribution is 2.21. The molecule has 2 aromatic rings.